The first kappa shape index (κ1) is 17.8. The summed E-state index contributed by atoms with van der Waals surface area (Å²) in [6.45, 7) is 1.37. The monoisotopic (exact) mass is 365 g/mol. The van der Waals surface area contributed by atoms with Gasteiger partial charge in [0.15, 0.2) is 0 Å². The largest absolute Gasteiger partial charge is 0.506 e. The number of phenols is 1. The molecule has 0 radical (unpaired) electrons. The van der Waals surface area contributed by atoms with Crippen molar-refractivity contribution in [3.8, 4) is 5.75 Å². The smallest absolute Gasteiger partial charge is 0.271 e. The number of nitrogens with zero attached hydrogens (tertiary/aromatic N) is 1. The van der Waals surface area contributed by atoms with Crippen molar-refractivity contribution in [2.75, 3.05) is 5.32 Å². The Kier molecular flexibility index (Phi) is 5.78. The first-order valence-corrected chi connectivity index (χ1v) is 7.51. The van der Waals surface area contributed by atoms with Gasteiger partial charge < -0.3 is 10.4 Å². The van der Waals surface area contributed by atoms with Gasteiger partial charge in [-0.3, -0.25) is 9.59 Å². The van der Waals surface area contributed by atoms with E-state index in [1.165, 1.54) is 31.3 Å². The van der Waals surface area contributed by atoms with E-state index in [0.29, 0.717) is 16.3 Å². The third-order valence-electron chi connectivity index (χ3n) is 2.87. The first-order valence-electron chi connectivity index (χ1n) is 6.76. The molecule has 0 unspecified atom stereocenters. The van der Waals surface area contributed by atoms with Crippen LogP contribution in [0.4, 0.5) is 5.69 Å². The molecule has 24 heavy (non-hydrogen) atoms. The molecule has 2 rings (SSSR count). The second-order valence-corrected chi connectivity index (χ2v) is 5.63. The van der Waals surface area contributed by atoms with Gasteiger partial charge in [-0.1, -0.05) is 29.3 Å². The van der Waals surface area contributed by atoms with E-state index < -0.39 is 5.91 Å². The van der Waals surface area contributed by atoms with E-state index >= 15 is 0 Å². The lowest BCUT2D eigenvalue weighted by molar-refractivity contribution is -0.114. The normalized spacial score (nSPS) is 10.6. The molecular formula is C16H13Cl2N3O3. The van der Waals surface area contributed by atoms with Crippen molar-refractivity contribution in [1.29, 1.82) is 0 Å². The molecule has 124 valence electrons. The van der Waals surface area contributed by atoms with E-state index in [0.717, 1.165) is 0 Å². The molecule has 2 aromatic rings. The Morgan fingerprint density at radius 2 is 1.96 bits per heavy atom. The number of nitrogens with one attached hydrogen (secondary N) is 2. The molecule has 3 N–H and O–H groups in total. The third kappa shape index (κ3) is 4.71. The second-order valence-electron chi connectivity index (χ2n) is 4.79. The Labute approximate surface area is 148 Å². The van der Waals surface area contributed by atoms with Gasteiger partial charge in [-0.15, -0.1) is 0 Å². The summed E-state index contributed by atoms with van der Waals surface area (Å²) in [7, 11) is 0. The van der Waals surface area contributed by atoms with Crippen LogP contribution in [0.1, 0.15) is 22.8 Å². The van der Waals surface area contributed by atoms with E-state index in [4.69, 9.17) is 23.2 Å². The molecule has 2 amide bonds. The van der Waals surface area contributed by atoms with E-state index in [2.05, 4.69) is 15.8 Å². The van der Waals surface area contributed by atoms with Crippen LogP contribution < -0.4 is 10.7 Å². The van der Waals surface area contributed by atoms with Gasteiger partial charge in [-0.05, 0) is 30.3 Å². The van der Waals surface area contributed by atoms with Crippen molar-refractivity contribution in [2.24, 2.45) is 5.10 Å². The molecule has 0 aromatic heterocycles. The average molecular weight is 366 g/mol. The van der Waals surface area contributed by atoms with Crippen LogP contribution in [0.3, 0.4) is 0 Å². The number of carbonyl (C=O) groups is 2. The Bertz CT molecular complexity index is 822. The van der Waals surface area contributed by atoms with Crippen LogP contribution in [0.5, 0.6) is 5.75 Å². The predicted molar refractivity (Wildman–Crippen MR) is 93.9 cm³/mol. The van der Waals surface area contributed by atoms with Crippen LogP contribution in [0.15, 0.2) is 41.5 Å². The number of amides is 2. The maximum atomic E-state index is 12.0. The molecule has 0 atom stereocenters. The number of aromatic hydroxyl groups is 1. The minimum Gasteiger partial charge on any atom is -0.506 e. The summed E-state index contributed by atoms with van der Waals surface area (Å²) in [5, 5.41) is 16.5. The Morgan fingerprint density at radius 3 is 2.67 bits per heavy atom. The number of rotatable bonds is 4. The van der Waals surface area contributed by atoms with Gasteiger partial charge >= 0.3 is 0 Å². The van der Waals surface area contributed by atoms with E-state index in [1.807, 2.05) is 0 Å². The predicted octanol–water partition coefficient (Wildman–Crippen LogP) is 3.42. The fourth-order valence-corrected chi connectivity index (χ4v) is 2.36. The van der Waals surface area contributed by atoms with E-state index in [-0.39, 0.29) is 22.2 Å². The van der Waals surface area contributed by atoms with Crippen molar-refractivity contribution in [3.63, 3.8) is 0 Å². The summed E-state index contributed by atoms with van der Waals surface area (Å²) < 4.78 is 0. The van der Waals surface area contributed by atoms with Crippen LogP contribution in [-0.2, 0) is 4.79 Å². The van der Waals surface area contributed by atoms with Crippen LogP contribution in [0.2, 0.25) is 10.0 Å². The zero-order chi connectivity index (χ0) is 17.7. The maximum absolute atomic E-state index is 12.0. The lowest BCUT2D eigenvalue weighted by atomic mass is 10.2. The summed E-state index contributed by atoms with van der Waals surface area (Å²) in [6, 6.07) is 9.22. The molecule has 0 aliphatic carbocycles. The molecule has 0 spiro atoms. The van der Waals surface area contributed by atoms with Gasteiger partial charge in [0.25, 0.3) is 5.91 Å². The van der Waals surface area contributed by atoms with Crippen LogP contribution in [0.25, 0.3) is 0 Å². The zero-order valence-electron chi connectivity index (χ0n) is 12.5. The summed E-state index contributed by atoms with van der Waals surface area (Å²) in [5.41, 5.74) is 3.39. The molecule has 0 aliphatic heterocycles. The van der Waals surface area contributed by atoms with Gasteiger partial charge in [-0.25, -0.2) is 5.43 Å². The molecule has 0 saturated carbocycles. The maximum Gasteiger partial charge on any atom is 0.271 e. The highest BCUT2D eigenvalue weighted by molar-refractivity contribution is 6.36. The molecule has 0 saturated heterocycles. The summed E-state index contributed by atoms with van der Waals surface area (Å²) >= 11 is 11.6. The van der Waals surface area contributed by atoms with Gasteiger partial charge in [0.2, 0.25) is 5.91 Å². The number of phenolic OH excluding ortho intramolecular Hbond substituents is 1. The van der Waals surface area contributed by atoms with E-state index in [1.54, 1.807) is 18.2 Å². The van der Waals surface area contributed by atoms with E-state index in [9.17, 15) is 14.7 Å². The molecular weight excluding hydrogens is 353 g/mol. The highest BCUT2D eigenvalue weighted by atomic mass is 35.5. The summed E-state index contributed by atoms with van der Waals surface area (Å²) in [5.74, 6) is -0.906. The van der Waals surface area contributed by atoms with Gasteiger partial charge in [0.05, 0.1) is 11.2 Å². The molecule has 0 aliphatic rings. The summed E-state index contributed by atoms with van der Waals surface area (Å²) in [4.78, 5) is 23.1. The quantitative estimate of drug-likeness (QED) is 0.572. The van der Waals surface area contributed by atoms with Crippen LogP contribution >= 0.6 is 23.2 Å². The highest BCUT2D eigenvalue weighted by Crippen LogP contribution is 2.29. The fourth-order valence-electron chi connectivity index (χ4n) is 1.85. The second kappa shape index (κ2) is 7.81. The number of carbonyl (C=O) groups excluding carboxylic acids is 2. The zero-order valence-corrected chi connectivity index (χ0v) is 14.0. The Hall–Kier alpha value is -2.57. The Morgan fingerprint density at radius 1 is 1.21 bits per heavy atom. The minimum atomic E-state index is -0.480. The lowest BCUT2D eigenvalue weighted by Gasteiger charge is -2.05. The number of halogens is 2. The molecule has 0 fully saturated rings. The molecule has 6 nitrogen and oxygen atoms in total. The molecule has 0 heterocycles. The fraction of sp³-hybridized carbons (Fsp3) is 0.0625. The average Bonchev–Trinajstić information content (AvgIpc) is 2.51. The number of hydrogen-bond acceptors (Lipinski definition) is 4. The molecule has 8 heteroatoms. The SMILES string of the molecule is CC(=O)Nc1cccc(C(=O)NN=Cc2cc(Cl)cc(Cl)c2O)c1. The molecule has 2 aromatic carbocycles. The molecule has 0 bridgehead atoms. The van der Waals surface area contributed by atoms with Crippen LogP contribution in [0, 0.1) is 0 Å². The number of anilines is 1. The van der Waals surface area contributed by atoms with Crippen LogP contribution in [-0.4, -0.2) is 23.1 Å². The summed E-state index contributed by atoms with van der Waals surface area (Å²) in [6.07, 6.45) is 1.22. The van der Waals surface area contributed by atoms with Gasteiger partial charge in [0.1, 0.15) is 5.75 Å². The van der Waals surface area contributed by atoms with Crippen molar-refractivity contribution in [3.05, 3.63) is 57.6 Å². The standard InChI is InChI=1S/C16H13Cl2N3O3/c1-9(22)20-13-4-2-3-10(6-13)16(24)21-19-8-11-5-12(17)7-14(18)15(11)23/h2-8,23H,1H3,(H,20,22)(H,21,24). The minimum absolute atomic E-state index is 0.0817. The Balaban J connectivity index is 2.09. The van der Waals surface area contributed by atoms with Crippen molar-refractivity contribution in [1.82, 2.24) is 5.43 Å². The van der Waals surface area contributed by atoms with Crippen molar-refractivity contribution in [2.45, 2.75) is 6.92 Å². The topological polar surface area (TPSA) is 90.8 Å². The van der Waals surface area contributed by atoms with Gasteiger partial charge in [0, 0.05) is 28.8 Å². The lowest BCUT2D eigenvalue weighted by Crippen LogP contribution is -2.18. The van der Waals surface area contributed by atoms with Crippen molar-refractivity contribution >= 4 is 46.9 Å². The first-order chi connectivity index (χ1) is 11.4. The van der Waals surface area contributed by atoms with Gasteiger partial charge in [-0.2, -0.15) is 5.10 Å². The third-order valence-corrected chi connectivity index (χ3v) is 3.38. The number of hydrazone groups is 1. The highest BCUT2D eigenvalue weighted by Gasteiger charge is 2.08. The van der Waals surface area contributed by atoms with Crippen molar-refractivity contribution < 1.29 is 14.7 Å². The number of benzene rings is 2. The number of hydrogen-bond donors (Lipinski definition) is 3.